The highest BCUT2D eigenvalue weighted by Crippen LogP contribution is 2.39. The minimum absolute atomic E-state index is 0.165. The standard InChI is InChI=1S/C17H24N2O2/c18-16(20)17(8-2-1-3-9-17)14-4-6-15(7-5-14)19-10-12-21-13-11-19/h4-7H,1-3,8-13H2,(H2,18,20). The van der Waals surface area contributed by atoms with E-state index < -0.39 is 5.41 Å². The molecule has 3 rings (SSSR count). The Bertz CT molecular complexity index is 486. The Labute approximate surface area is 126 Å². The summed E-state index contributed by atoms with van der Waals surface area (Å²) < 4.78 is 5.38. The normalized spacial score (nSPS) is 22.0. The summed E-state index contributed by atoms with van der Waals surface area (Å²) in [6.07, 6.45) is 5.17. The predicted octanol–water partition coefficient (Wildman–Crippen LogP) is 2.21. The molecule has 1 aromatic rings. The van der Waals surface area contributed by atoms with Crippen LogP contribution < -0.4 is 10.6 Å². The number of nitrogens with two attached hydrogens (primary N) is 1. The number of ether oxygens (including phenoxy) is 1. The Balaban J connectivity index is 1.83. The summed E-state index contributed by atoms with van der Waals surface area (Å²) in [5, 5.41) is 0. The molecule has 1 heterocycles. The second kappa shape index (κ2) is 6.06. The largest absolute Gasteiger partial charge is 0.378 e. The fraction of sp³-hybridized carbons (Fsp3) is 0.588. The van der Waals surface area contributed by atoms with Crippen LogP contribution in [0.5, 0.6) is 0 Å². The summed E-state index contributed by atoms with van der Waals surface area (Å²) in [6, 6.07) is 8.45. The zero-order chi connectivity index (χ0) is 14.7. The van der Waals surface area contributed by atoms with Crippen LogP contribution in [-0.4, -0.2) is 32.2 Å². The van der Waals surface area contributed by atoms with Gasteiger partial charge in [0.15, 0.2) is 0 Å². The average molecular weight is 288 g/mol. The smallest absolute Gasteiger partial charge is 0.228 e. The van der Waals surface area contributed by atoms with Gasteiger partial charge in [-0.15, -0.1) is 0 Å². The fourth-order valence-corrected chi connectivity index (χ4v) is 3.65. The van der Waals surface area contributed by atoms with Gasteiger partial charge in [-0.2, -0.15) is 0 Å². The number of hydrogen-bond acceptors (Lipinski definition) is 3. The van der Waals surface area contributed by atoms with Gasteiger partial charge < -0.3 is 15.4 Å². The van der Waals surface area contributed by atoms with Crippen molar-refractivity contribution in [1.29, 1.82) is 0 Å². The van der Waals surface area contributed by atoms with Gasteiger partial charge in [-0.3, -0.25) is 4.79 Å². The highest BCUT2D eigenvalue weighted by Gasteiger charge is 2.39. The molecule has 2 aliphatic rings. The molecule has 4 nitrogen and oxygen atoms in total. The van der Waals surface area contributed by atoms with Crippen molar-refractivity contribution >= 4 is 11.6 Å². The van der Waals surface area contributed by atoms with Gasteiger partial charge in [0.1, 0.15) is 0 Å². The molecule has 114 valence electrons. The quantitative estimate of drug-likeness (QED) is 0.927. The zero-order valence-corrected chi connectivity index (χ0v) is 12.5. The van der Waals surface area contributed by atoms with E-state index in [0.717, 1.165) is 57.6 Å². The van der Waals surface area contributed by atoms with E-state index in [1.165, 1.54) is 12.1 Å². The van der Waals surface area contributed by atoms with Crippen LogP contribution in [0, 0.1) is 0 Å². The molecule has 1 aliphatic carbocycles. The van der Waals surface area contributed by atoms with Crippen molar-refractivity contribution in [2.24, 2.45) is 5.73 Å². The first-order chi connectivity index (χ1) is 10.2. The Morgan fingerprint density at radius 3 is 2.24 bits per heavy atom. The van der Waals surface area contributed by atoms with Gasteiger partial charge in [0.2, 0.25) is 5.91 Å². The van der Waals surface area contributed by atoms with Gasteiger partial charge in [0.05, 0.1) is 18.6 Å². The Hall–Kier alpha value is -1.55. The number of nitrogens with zero attached hydrogens (tertiary/aromatic N) is 1. The first kappa shape index (κ1) is 14.4. The summed E-state index contributed by atoms with van der Waals surface area (Å²) in [4.78, 5) is 14.4. The van der Waals surface area contributed by atoms with Gasteiger partial charge in [-0.1, -0.05) is 31.4 Å². The topological polar surface area (TPSA) is 55.6 Å². The molecule has 0 spiro atoms. The van der Waals surface area contributed by atoms with Gasteiger partial charge in [-0.05, 0) is 30.5 Å². The Morgan fingerprint density at radius 1 is 1.05 bits per heavy atom. The van der Waals surface area contributed by atoms with E-state index in [2.05, 4.69) is 29.2 Å². The van der Waals surface area contributed by atoms with Crippen molar-refractivity contribution < 1.29 is 9.53 Å². The summed E-state index contributed by atoms with van der Waals surface area (Å²) in [7, 11) is 0. The highest BCUT2D eigenvalue weighted by atomic mass is 16.5. The molecule has 0 unspecified atom stereocenters. The third kappa shape index (κ3) is 2.77. The van der Waals surface area contributed by atoms with Gasteiger partial charge >= 0.3 is 0 Å². The van der Waals surface area contributed by atoms with Crippen LogP contribution >= 0.6 is 0 Å². The van der Waals surface area contributed by atoms with Crippen molar-refractivity contribution in [2.75, 3.05) is 31.2 Å². The van der Waals surface area contributed by atoms with Crippen LogP contribution in [-0.2, 0) is 14.9 Å². The first-order valence-electron chi connectivity index (χ1n) is 7.95. The molecule has 1 amide bonds. The number of amides is 1. The molecule has 2 fully saturated rings. The van der Waals surface area contributed by atoms with E-state index in [1.807, 2.05) is 0 Å². The Kier molecular flexibility index (Phi) is 4.15. The first-order valence-corrected chi connectivity index (χ1v) is 7.95. The van der Waals surface area contributed by atoms with Crippen LogP contribution in [0.3, 0.4) is 0 Å². The van der Waals surface area contributed by atoms with E-state index in [1.54, 1.807) is 0 Å². The predicted molar refractivity (Wildman–Crippen MR) is 83.4 cm³/mol. The van der Waals surface area contributed by atoms with Crippen molar-refractivity contribution in [3.8, 4) is 0 Å². The summed E-state index contributed by atoms with van der Waals surface area (Å²) in [5.41, 5.74) is 7.60. The minimum atomic E-state index is -0.443. The molecule has 0 aromatic heterocycles. The molecule has 1 aromatic carbocycles. The lowest BCUT2D eigenvalue weighted by molar-refractivity contribution is -0.124. The molecule has 1 saturated heterocycles. The van der Waals surface area contributed by atoms with Gasteiger partial charge in [0.25, 0.3) is 0 Å². The highest BCUT2D eigenvalue weighted by molar-refractivity contribution is 5.87. The average Bonchev–Trinajstić information content (AvgIpc) is 2.56. The van der Waals surface area contributed by atoms with Crippen LogP contribution in [0.2, 0.25) is 0 Å². The lowest BCUT2D eigenvalue weighted by Crippen LogP contribution is -2.42. The van der Waals surface area contributed by atoms with Gasteiger partial charge in [-0.25, -0.2) is 0 Å². The molecule has 2 N–H and O–H groups in total. The molecular weight excluding hydrogens is 264 g/mol. The Morgan fingerprint density at radius 2 is 1.67 bits per heavy atom. The molecule has 1 aliphatic heterocycles. The van der Waals surface area contributed by atoms with E-state index in [-0.39, 0.29) is 5.91 Å². The lowest BCUT2D eigenvalue weighted by Gasteiger charge is -2.35. The molecule has 1 saturated carbocycles. The second-order valence-corrected chi connectivity index (χ2v) is 6.15. The number of benzene rings is 1. The number of anilines is 1. The molecule has 0 bridgehead atoms. The fourth-order valence-electron chi connectivity index (χ4n) is 3.65. The van der Waals surface area contributed by atoms with Crippen molar-refractivity contribution in [3.63, 3.8) is 0 Å². The molecule has 0 atom stereocenters. The van der Waals surface area contributed by atoms with E-state index in [4.69, 9.17) is 10.5 Å². The number of hydrogen-bond donors (Lipinski definition) is 1. The van der Waals surface area contributed by atoms with Crippen LogP contribution in [0.1, 0.15) is 37.7 Å². The number of rotatable bonds is 3. The van der Waals surface area contributed by atoms with Crippen molar-refractivity contribution in [1.82, 2.24) is 0 Å². The summed E-state index contributed by atoms with van der Waals surface area (Å²) in [6.45, 7) is 3.43. The maximum absolute atomic E-state index is 12.1. The van der Waals surface area contributed by atoms with Crippen LogP contribution in [0.4, 0.5) is 5.69 Å². The van der Waals surface area contributed by atoms with Crippen LogP contribution in [0.25, 0.3) is 0 Å². The number of morpholine rings is 1. The SMILES string of the molecule is NC(=O)C1(c2ccc(N3CCOCC3)cc2)CCCCC1. The molecule has 4 heteroatoms. The van der Waals surface area contributed by atoms with E-state index >= 15 is 0 Å². The molecular formula is C17H24N2O2. The second-order valence-electron chi connectivity index (χ2n) is 6.15. The maximum atomic E-state index is 12.1. The lowest BCUT2D eigenvalue weighted by atomic mass is 9.69. The minimum Gasteiger partial charge on any atom is -0.378 e. The summed E-state index contributed by atoms with van der Waals surface area (Å²) >= 11 is 0. The number of carbonyl (C=O) groups excluding carboxylic acids is 1. The third-order valence-electron chi connectivity index (χ3n) is 4.97. The molecule has 21 heavy (non-hydrogen) atoms. The number of primary amides is 1. The van der Waals surface area contributed by atoms with Crippen molar-refractivity contribution in [3.05, 3.63) is 29.8 Å². The van der Waals surface area contributed by atoms with Crippen molar-refractivity contribution in [2.45, 2.75) is 37.5 Å². The van der Waals surface area contributed by atoms with E-state index in [9.17, 15) is 4.79 Å². The maximum Gasteiger partial charge on any atom is 0.228 e. The zero-order valence-electron chi connectivity index (χ0n) is 12.5. The van der Waals surface area contributed by atoms with Gasteiger partial charge in [0, 0.05) is 18.8 Å². The molecule has 0 radical (unpaired) electrons. The van der Waals surface area contributed by atoms with Crippen LogP contribution in [0.15, 0.2) is 24.3 Å². The third-order valence-corrected chi connectivity index (χ3v) is 4.97. The number of carbonyl (C=O) groups is 1. The van der Waals surface area contributed by atoms with E-state index in [0.29, 0.717) is 0 Å². The monoisotopic (exact) mass is 288 g/mol. The summed E-state index contributed by atoms with van der Waals surface area (Å²) in [5.74, 6) is -0.165.